The number of aromatic hydroxyl groups is 1. The van der Waals surface area contributed by atoms with E-state index in [9.17, 15) is 9.90 Å². The van der Waals surface area contributed by atoms with Crippen LogP contribution in [0, 0.1) is 0 Å². The molecular weight excluding hydrogens is 464 g/mol. The molecule has 0 bridgehead atoms. The van der Waals surface area contributed by atoms with Gasteiger partial charge in [-0.05, 0) is 58.3 Å². The zero-order valence-corrected chi connectivity index (χ0v) is 19.4. The average Bonchev–Trinajstić information content (AvgIpc) is 3.41. The van der Waals surface area contributed by atoms with Crippen molar-refractivity contribution in [2.45, 2.75) is 6.42 Å². The molecule has 0 aliphatic carbocycles. The zero-order valence-electron chi connectivity index (χ0n) is 18.6. The monoisotopic (exact) mass is 484 g/mol. The summed E-state index contributed by atoms with van der Waals surface area (Å²) >= 11 is 1.53. The van der Waals surface area contributed by atoms with Crippen LogP contribution in [0.2, 0.25) is 0 Å². The van der Waals surface area contributed by atoms with Gasteiger partial charge in [-0.3, -0.25) is 0 Å². The number of carbonyl (C=O) groups is 1. The highest BCUT2D eigenvalue weighted by Crippen LogP contribution is 2.48. The van der Waals surface area contributed by atoms with Crippen molar-refractivity contribution in [1.82, 2.24) is 20.2 Å². The minimum Gasteiger partial charge on any atom is -0.508 e. The number of benzene rings is 3. The topological polar surface area (TPSA) is 110 Å². The Kier molecular flexibility index (Phi) is 5.99. The van der Waals surface area contributed by atoms with Gasteiger partial charge in [0, 0.05) is 22.6 Å². The van der Waals surface area contributed by atoms with Crippen LogP contribution < -0.4 is 4.74 Å². The van der Waals surface area contributed by atoms with Crippen LogP contribution in [-0.4, -0.2) is 36.4 Å². The largest absolute Gasteiger partial charge is 0.508 e. The maximum Gasteiger partial charge on any atom is 0.328 e. The highest BCUT2D eigenvalue weighted by molar-refractivity contribution is 7.22. The number of tetrazole rings is 1. The van der Waals surface area contributed by atoms with E-state index < -0.39 is 5.97 Å². The number of thiophene rings is 1. The molecule has 0 saturated carbocycles. The summed E-state index contributed by atoms with van der Waals surface area (Å²) in [6, 6.07) is 20.4. The lowest BCUT2D eigenvalue weighted by molar-refractivity contribution is -0.131. The third kappa shape index (κ3) is 4.90. The molecule has 0 aliphatic heterocycles. The van der Waals surface area contributed by atoms with Crippen molar-refractivity contribution in [3.8, 4) is 27.7 Å². The minimum absolute atomic E-state index is 0.184. The molecule has 0 spiro atoms. The molecule has 9 heteroatoms. The van der Waals surface area contributed by atoms with Crippen LogP contribution in [0.4, 0.5) is 0 Å². The molecule has 0 radical (unpaired) electrons. The molecule has 174 valence electrons. The van der Waals surface area contributed by atoms with Crippen LogP contribution in [0.1, 0.15) is 17.0 Å². The predicted molar refractivity (Wildman–Crippen MR) is 134 cm³/mol. The second kappa shape index (κ2) is 9.40. The van der Waals surface area contributed by atoms with Gasteiger partial charge in [0.1, 0.15) is 11.5 Å². The number of carboxylic acid groups (broad SMARTS) is 1. The number of hydrogen-bond acceptors (Lipinski definition) is 7. The lowest BCUT2D eigenvalue weighted by atomic mass is 10.0. The van der Waals surface area contributed by atoms with E-state index >= 15 is 0 Å². The first-order valence-electron chi connectivity index (χ1n) is 10.7. The van der Waals surface area contributed by atoms with Crippen molar-refractivity contribution >= 4 is 33.5 Å². The standard InChI is InChI=1S/C26H20N4O4S/c1-30-28-23(27-29-30)14-17-4-2-3-5-20(17)26-25(21-12-9-18(31)15-22(21)35-26)34-19-10-6-16(7-11-19)8-13-24(32)33/h2-13,15,31H,14H2,1H3,(H,32,33). The van der Waals surface area contributed by atoms with E-state index in [1.165, 1.54) is 22.2 Å². The molecule has 0 saturated heterocycles. The number of aryl methyl sites for hydroxylation is 1. The number of nitrogens with zero attached hydrogens (tertiary/aromatic N) is 4. The Morgan fingerprint density at radius 3 is 2.66 bits per heavy atom. The number of hydrogen-bond donors (Lipinski definition) is 2. The number of aliphatic carboxylic acids is 1. The third-order valence-corrected chi connectivity index (χ3v) is 6.47. The molecule has 8 nitrogen and oxygen atoms in total. The number of ether oxygens (including phenoxy) is 1. The van der Waals surface area contributed by atoms with Gasteiger partial charge in [-0.25, -0.2) is 4.79 Å². The summed E-state index contributed by atoms with van der Waals surface area (Å²) in [5.74, 6) is 1.09. The molecule has 2 aromatic heterocycles. The summed E-state index contributed by atoms with van der Waals surface area (Å²) < 4.78 is 7.28. The second-order valence-corrected chi connectivity index (χ2v) is 8.86. The third-order valence-electron chi connectivity index (χ3n) is 5.31. The molecule has 0 atom stereocenters. The highest BCUT2D eigenvalue weighted by Gasteiger charge is 2.20. The summed E-state index contributed by atoms with van der Waals surface area (Å²) in [6.45, 7) is 0. The Balaban J connectivity index is 1.57. The Morgan fingerprint density at radius 2 is 1.91 bits per heavy atom. The van der Waals surface area contributed by atoms with Crippen LogP contribution in [0.3, 0.4) is 0 Å². The molecule has 0 amide bonds. The van der Waals surface area contributed by atoms with E-state index in [1.807, 2.05) is 30.3 Å². The minimum atomic E-state index is -1.00. The smallest absolute Gasteiger partial charge is 0.328 e. The van der Waals surface area contributed by atoms with Gasteiger partial charge in [-0.1, -0.05) is 36.4 Å². The Hall–Kier alpha value is -4.50. The van der Waals surface area contributed by atoms with E-state index in [0.29, 0.717) is 23.7 Å². The van der Waals surface area contributed by atoms with E-state index in [1.54, 1.807) is 43.4 Å². The van der Waals surface area contributed by atoms with Crippen molar-refractivity contribution < 1.29 is 19.7 Å². The van der Waals surface area contributed by atoms with Gasteiger partial charge in [-0.15, -0.1) is 21.5 Å². The predicted octanol–water partition coefficient (Wildman–Crippen LogP) is 5.28. The zero-order chi connectivity index (χ0) is 24.4. The quantitative estimate of drug-likeness (QED) is 0.303. The molecule has 2 N–H and O–H groups in total. The van der Waals surface area contributed by atoms with Crippen LogP contribution in [-0.2, 0) is 18.3 Å². The summed E-state index contributed by atoms with van der Waals surface area (Å²) in [5, 5.41) is 32.1. The number of phenolic OH excluding ortho intramolecular Hbond substituents is 1. The van der Waals surface area contributed by atoms with Gasteiger partial charge < -0.3 is 14.9 Å². The maximum absolute atomic E-state index is 10.8. The highest BCUT2D eigenvalue weighted by atomic mass is 32.1. The van der Waals surface area contributed by atoms with Crippen LogP contribution in [0.5, 0.6) is 17.2 Å². The van der Waals surface area contributed by atoms with Crippen LogP contribution >= 0.6 is 11.3 Å². The van der Waals surface area contributed by atoms with Crippen LogP contribution in [0.15, 0.2) is 72.8 Å². The lowest BCUT2D eigenvalue weighted by Crippen LogP contribution is -1.96. The Morgan fingerprint density at radius 1 is 1.11 bits per heavy atom. The molecular formula is C26H20N4O4S. The van der Waals surface area contributed by atoms with Crippen molar-refractivity contribution in [3.05, 3.63) is 89.8 Å². The van der Waals surface area contributed by atoms with Gasteiger partial charge >= 0.3 is 5.97 Å². The molecule has 35 heavy (non-hydrogen) atoms. The Labute approximate surface area is 204 Å². The van der Waals surface area contributed by atoms with Gasteiger partial charge in [0.05, 0.1) is 11.9 Å². The van der Waals surface area contributed by atoms with Gasteiger partial charge in [0.2, 0.25) is 0 Å². The molecule has 0 fully saturated rings. The molecule has 5 rings (SSSR count). The lowest BCUT2D eigenvalue weighted by Gasteiger charge is -2.11. The number of rotatable bonds is 7. The number of fused-ring (bicyclic) bond motifs is 1. The summed E-state index contributed by atoms with van der Waals surface area (Å²) in [5.41, 5.74) is 2.76. The van der Waals surface area contributed by atoms with E-state index in [-0.39, 0.29) is 5.75 Å². The average molecular weight is 485 g/mol. The van der Waals surface area contributed by atoms with Crippen molar-refractivity contribution in [2.75, 3.05) is 0 Å². The molecule has 5 aromatic rings. The fourth-order valence-electron chi connectivity index (χ4n) is 3.73. The van der Waals surface area contributed by atoms with Crippen molar-refractivity contribution in [2.24, 2.45) is 7.05 Å². The summed E-state index contributed by atoms with van der Waals surface area (Å²) in [6.07, 6.45) is 3.13. The van der Waals surface area contributed by atoms with Crippen LogP contribution in [0.25, 0.3) is 26.6 Å². The molecule has 2 heterocycles. The SMILES string of the molecule is Cn1nnc(Cc2ccccc2-c2sc3cc(O)ccc3c2Oc2ccc(C=CC(=O)O)cc2)n1. The fraction of sp³-hybridized carbons (Fsp3) is 0.0769. The number of aromatic nitrogens is 4. The molecule has 3 aromatic carbocycles. The molecule has 0 aliphatic rings. The first-order valence-corrected chi connectivity index (χ1v) is 11.5. The van der Waals surface area contributed by atoms with E-state index in [2.05, 4.69) is 15.4 Å². The second-order valence-electron chi connectivity index (χ2n) is 7.81. The van der Waals surface area contributed by atoms with E-state index in [0.717, 1.165) is 37.7 Å². The van der Waals surface area contributed by atoms with Crippen molar-refractivity contribution in [3.63, 3.8) is 0 Å². The normalized spacial score (nSPS) is 11.3. The molecule has 0 unspecified atom stereocenters. The van der Waals surface area contributed by atoms with E-state index in [4.69, 9.17) is 9.84 Å². The number of phenols is 1. The van der Waals surface area contributed by atoms with Crippen molar-refractivity contribution in [1.29, 1.82) is 0 Å². The first kappa shape index (κ1) is 22.3. The van der Waals surface area contributed by atoms with Gasteiger partial charge in [0.25, 0.3) is 0 Å². The van der Waals surface area contributed by atoms with Gasteiger partial charge in [-0.2, -0.15) is 4.80 Å². The summed E-state index contributed by atoms with van der Waals surface area (Å²) in [4.78, 5) is 13.1. The fourth-order valence-corrected chi connectivity index (χ4v) is 4.96. The maximum atomic E-state index is 10.8. The summed E-state index contributed by atoms with van der Waals surface area (Å²) in [7, 11) is 1.73. The van der Waals surface area contributed by atoms with Gasteiger partial charge in [0.15, 0.2) is 11.6 Å². The first-order chi connectivity index (χ1) is 17.0. The number of carboxylic acids is 1. The Bertz CT molecular complexity index is 1550.